The molecule has 334 valence electrons. The molecule has 0 aliphatic carbocycles. The maximum atomic E-state index is 7.15. The molecule has 12 aromatic rings. The van der Waals surface area contributed by atoms with Crippen molar-refractivity contribution in [1.82, 2.24) is 13.7 Å². The average Bonchev–Trinajstić information content (AvgIpc) is 4.01. The van der Waals surface area contributed by atoms with Gasteiger partial charge in [0.2, 0.25) is 0 Å². The largest absolute Gasteiger partial charge is 0.458 e. The van der Waals surface area contributed by atoms with E-state index in [9.17, 15) is 0 Å². The third-order valence-corrected chi connectivity index (χ3v) is 15.1. The summed E-state index contributed by atoms with van der Waals surface area (Å²) in [6.45, 7) is 16.3. The standard InChI is InChI=1S/C64H54BN3O/c1-38(2)42-35-49(39(3)4)61(50(36-42)40(5)6)65-51-27-14-18-31-56(51)69-57-37-45(32-33-52(57)65)68-55-30-17-13-26-48(55)60-63-59(47-25-12-16-29-54(47)67(63)44-23-19-20-41(7)34-44)62-58(64(60)68)46-24-11-15-28-53(46)66(62)43-21-9-8-10-22-43/h8-40H,1-7H3. The summed E-state index contributed by atoms with van der Waals surface area (Å²) in [5.74, 6) is 2.95. The Kier molecular flexibility index (Phi) is 9.40. The van der Waals surface area contributed by atoms with Gasteiger partial charge in [0.25, 0.3) is 6.71 Å². The van der Waals surface area contributed by atoms with Crippen LogP contribution in [0.2, 0.25) is 0 Å². The molecule has 0 saturated heterocycles. The van der Waals surface area contributed by atoms with Crippen LogP contribution in [0.3, 0.4) is 0 Å². The van der Waals surface area contributed by atoms with Gasteiger partial charge in [-0.2, -0.15) is 0 Å². The maximum absolute atomic E-state index is 7.15. The summed E-state index contributed by atoms with van der Waals surface area (Å²) in [6.07, 6.45) is 0. The molecule has 5 heteroatoms. The third-order valence-electron chi connectivity index (χ3n) is 15.1. The van der Waals surface area contributed by atoms with Gasteiger partial charge in [0.1, 0.15) is 11.5 Å². The highest BCUT2D eigenvalue weighted by Gasteiger charge is 2.37. The summed E-state index contributed by atoms with van der Waals surface area (Å²) < 4.78 is 14.7. The monoisotopic (exact) mass is 891 g/mol. The van der Waals surface area contributed by atoms with E-state index in [4.69, 9.17) is 4.74 Å². The second kappa shape index (κ2) is 15.6. The number of aryl methyl sites for hydroxylation is 1. The number of hydrogen-bond donors (Lipinski definition) is 0. The van der Waals surface area contributed by atoms with Crippen molar-refractivity contribution < 1.29 is 4.74 Å². The zero-order valence-corrected chi connectivity index (χ0v) is 40.4. The number of aromatic nitrogens is 3. The quantitative estimate of drug-likeness (QED) is 0.146. The molecule has 1 aliphatic rings. The molecule has 13 rings (SSSR count). The normalized spacial score (nSPS) is 12.8. The SMILES string of the molecule is Cc1cccc(-n2c3ccccc3c3c4c(c5ccccc5n4-c4ccccc4)c4c(c5ccccc5n4-c4ccc5c(c4)Oc4ccccc4B5c4c(C(C)C)cc(C(C)C)cc4C(C)C)c32)c1. The van der Waals surface area contributed by atoms with Crippen LogP contribution in [-0.4, -0.2) is 20.4 Å². The molecule has 0 fully saturated rings. The third kappa shape index (κ3) is 6.09. The second-order valence-corrected chi connectivity index (χ2v) is 20.3. The molecule has 0 spiro atoms. The zero-order valence-electron chi connectivity index (χ0n) is 40.4. The van der Waals surface area contributed by atoms with Crippen LogP contribution in [0.1, 0.15) is 81.5 Å². The molecule has 1 aliphatic heterocycles. The fourth-order valence-corrected chi connectivity index (χ4v) is 12.0. The summed E-state index contributed by atoms with van der Waals surface area (Å²) in [6, 6.07) is 67.7. The number of para-hydroxylation sites is 5. The van der Waals surface area contributed by atoms with Gasteiger partial charge in [0, 0.05) is 55.4 Å². The van der Waals surface area contributed by atoms with Gasteiger partial charge in [-0.05, 0) is 112 Å². The Morgan fingerprint density at radius 2 is 0.855 bits per heavy atom. The van der Waals surface area contributed by atoms with Gasteiger partial charge < -0.3 is 18.4 Å². The molecule has 9 aromatic carbocycles. The molecule has 0 unspecified atom stereocenters. The van der Waals surface area contributed by atoms with Crippen LogP contribution in [-0.2, 0) is 0 Å². The molecule has 69 heavy (non-hydrogen) atoms. The average molecular weight is 892 g/mol. The van der Waals surface area contributed by atoms with Crippen LogP contribution in [0.4, 0.5) is 0 Å². The summed E-state index contributed by atoms with van der Waals surface area (Å²) in [5.41, 5.74) is 19.8. The molecule has 4 nitrogen and oxygen atoms in total. The van der Waals surface area contributed by atoms with Crippen molar-refractivity contribution >= 4 is 88.5 Å². The molecule has 0 bridgehead atoms. The lowest BCUT2D eigenvalue weighted by Crippen LogP contribution is -2.57. The minimum atomic E-state index is 0.00776. The van der Waals surface area contributed by atoms with Crippen molar-refractivity contribution in [3.63, 3.8) is 0 Å². The molecular weight excluding hydrogens is 838 g/mol. The highest BCUT2D eigenvalue weighted by molar-refractivity contribution is 6.97. The Balaban J connectivity index is 1.20. The van der Waals surface area contributed by atoms with E-state index in [0.29, 0.717) is 17.8 Å². The molecule has 0 atom stereocenters. The maximum Gasteiger partial charge on any atom is 0.251 e. The van der Waals surface area contributed by atoms with Gasteiger partial charge >= 0.3 is 0 Å². The van der Waals surface area contributed by atoms with Crippen LogP contribution < -0.4 is 21.1 Å². The summed E-state index contributed by atoms with van der Waals surface area (Å²) in [4.78, 5) is 0. The number of benzene rings is 9. The first kappa shape index (κ1) is 41.4. The molecular formula is C64H54BN3O. The fourth-order valence-electron chi connectivity index (χ4n) is 12.0. The van der Waals surface area contributed by atoms with Gasteiger partial charge in [0.15, 0.2) is 0 Å². The minimum absolute atomic E-state index is 0.00776. The number of nitrogens with zero attached hydrogens (tertiary/aromatic N) is 3. The van der Waals surface area contributed by atoms with Crippen LogP contribution in [0.5, 0.6) is 11.5 Å². The number of rotatable bonds is 7. The van der Waals surface area contributed by atoms with E-state index in [1.165, 1.54) is 98.5 Å². The summed E-state index contributed by atoms with van der Waals surface area (Å²) in [7, 11) is 0. The first-order valence-electron chi connectivity index (χ1n) is 24.8. The second-order valence-electron chi connectivity index (χ2n) is 20.3. The number of ether oxygens (including phenoxy) is 1. The topological polar surface area (TPSA) is 24.0 Å². The van der Waals surface area contributed by atoms with Gasteiger partial charge in [-0.3, -0.25) is 0 Å². The van der Waals surface area contributed by atoms with Crippen molar-refractivity contribution in [2.75, 3.05) is 0 Å². The van der Waals surface area contributed by atoms with Crippen molar-refractivity contribution in [2.45, 2.75) is 66.2 Å². The lowest BCUT2D eigenvalue weighted by atomic mass is 9.34. The van der Waals surface area contributed by atoms with Crippen molar-refractivity contribution in [2.24, 2.45) is 0 Å². The van der Waals surface area contributed by atoms with Crippen molar-refractivity contribution in [3.05, 3.63) is 204 Å². The smallest absolute Gasteiger partial charge is 0.251 e. The van der Waals surface area contributed by atoms with Gasteiger partial charge in [-0.15, -0.1) is 0 Å². The Morgan fingerprint density at radius 3 is 1.39 bits per heavy atom. The van der Waals surface area contributed by atoms with Gasteiger partial charge in [0.05, 0.1) is 33.1 Å². The van der Waals surface area contributed by atoms with E-state index in [0.717, 1.165) is 34.1 Å². The predicted octanol–water partition coefficient (Wildman–Crippen LogP) is 15.3. The van der Waals surface area contributed by atoms with Gasteiger partial charge in [-0.1, -0.05) is 168 Å². The first-order chi connectivity index (χ1) is 33.7. The first-order valence-corrected chi connectivity index (χ1v) is 24.8. The Hall–Kier alpha value is -7.76. The van der Waals surface area contributed by atoms with Gasteiger partial charge in [-0.25, -0.2) is 0 Å². The number of hydrogen-bond acceptors (Lipinski definition) is 1. The Morgan fingerprint density at radius 1 is 0.391 bits per heavy atom. The lowest BCUT2D eigenvalue weighted by Gasteiger charge is -2.32. The fraction of sp³-hybridized carbons (Fsp3) is 0.156. The van der Waals surface area contributed by atoms with Crippen LogP contribution in [0, 0.1) is 6.92 Å². The highest BCUT2D eigenvalue weighted by Crippen LogP contribution is 2.50. The van der Waals surface area contributed by atoms with E-state index in [2.05, 4.69) is 244 Å². The lowest BCUT2D eigenvalue weighted by molar-refractivity contribution is 0.487. The van der Waals surface area contributed by atoms with E-state index < -0.39 is 0 Å². The molecule has 4 heterocycles. The highest BCUT2D eigenvalue weighted by atomic mass is 16.5. The molecule has 0 radical (unpaired) electrons. The molecule has 0 N–H and O–H groups in total. The van der Waals surface area contributed by atoms with E-state index in [1.54, 1.807) is 0 Å². The number of fused-ring (bicyclic) bond motifs is 14. The van der Waals surface area contributed by atoms with Crippen LogP contribution in [0.15, 0.2) is 182 Å². The summed E-state index contributed by atoms with van der Waals surface area (Å²) >= 11 is 0. The van der Waals surface area contributed by atoms with Crippen LogP contribution in [0.25, 0.3) is 82.5 Å². The Bertz CT molecular complexity index is 4020. The van der Waals surface area contributed by atoms with Crippen molar-refractivity contribution in [3.8, 4) is 28.6 Å². The van der Waals surface area contributed by atoms with E-state index >= 15 is 0 Å². The van der Waals surface area contributed by atoms with Crippen LogP contribution >= 0.6 is 0 Å². The van der Waals surface area contributed by atoms with E-state index in [-0.39, 0.29) is 6.71 Å². The zero-order chi connectivity index (χ0) is 46.8. The van der Waals surface area contributed by atoms with E-state index in [1.807, 2.05) is 0 Å². The Labute approximate surface area is 404 Å². The molecule has 0 saturated carbocycles. The molecule has 0 amide bonds. The minimum Gasteiger partial charge on any atom is -0.458 e. The molecule has 3 aromatic heterocycles. The summed E-state index contributed by atoms with van der Waals surface area (Å²) in [5, 5.41) is 7.37. The predicted molar refractivity (Wildman–Crippen MR) is 294 cm³/mol. The van der Waals surface area contributed by atoms with Crippen molar-refractivity contribution in [1.29, 1.82) is 0 Å².